The Hall–Kier alpha value is -5.01. The predicted molar refractivity (Wildman–Crippen MR) is 154 cm³/mol. The third-order valence-electron chi connectivity index (χ3n) is 6.27. The Morgan fingerprint density at radius 3 is 1.81 bits per heavy atom. The summed E-state index contributed by atoms with van der Waals surface area (Å²) in [5, 5.41) is 3.50. The van der Waals surface area contributed by atoms with Gasteiger partial charge in [-0.25, -0.2) is 8.78 Å². The lowest BCUT2D eigenvalue weighted by Gasteiger charge is -2.26. The van der Waals surface area contributed by atoms with Gasteiger partial charge >= 0.3 is 18.7 Å². The number of benzene rings is 4. The largest absolute Gasteiger partial charge is 0.461 e. The van der Waals surface area contributed by atoms with E-state index in [0.29, 0.717) is 23.8 Å². The molecule has 0 spiro atoms. The summed E-state index contributed by atoms with van der Waals surface area (Å²) in [6.45, 7) is 2.08. The Bertz CT molecular complexity index is 1600. The second kappa shape index (κ2) is 16.0. The number of ether oxygens (including phenoxy) is 1. The van der Waals surface area contributed by atoms with Crippen LogP contribution in [-0.4, -0.2) is 36.6 Å². The third-order valence-corrected chi connectivity index (χ3v) is 6.27. The molecule has 1 unspecified atom stereocenters. The Labute approximate surface area is 263 Å². The van der Waals surface area contributed by atoms with Gasteiger partial charge in [0.05, 0.1) is 12.5 Å². The van der Waals surface area contributed by atoms with E-state index in [-0.39, 0.29) is 5.56 Å². The van der Waals surface area contributed by atoms with Gasteiger partial charge in [-0.1, -0.05) is 78.4 Å². The molecule has 4 rings (SSSR count). The number of nitrogens with one attached hydrogen (secondary N) is 2. The van der Waals surface area contributed by atoms with E-state index in [2.05, 4.69) is 23.8 Å². The first-order chi connectivity index (χ1) is 22.0. The van der Waals surface area contributed by atoms with Gasteiger partial charge < -0.3 is 15.4 Å². The van der Waals surface area contributed by atoms with Crippen LogP contribution in [0.4, 0.5) is 39.5 Å². The highest BCUT2D eigenvalue weighted by molar-refractivity contribution is 5.89. The van der Waals surface area contributed by atoms with E-state index in [4.69, 9.17) is 0 Å². The van der Waals surface area contributed by atoms with E-state index in [0.717, 1.165) is 24.3 Å². The zero-order valence-electron chi connectivity index (χ0n) is 24.4. The van der Waals surface area contributed by atoms with Crippen LogP contribution in [0.2, 0.25) is 0 Å². The summed E-state index contributed by atoms with van der Waals surface area (Å²) in [5.41, 5.74) is 1.00. The fraction of sp³-hybridized carbons (Fsp3) is 0.212. The summed E-state index contributed by atoms with van der Waals surface area (Å²) < 4.78 is 125. The summed E-state index contributed by atoms with van der Waals surface area (Å²) in [7, 11) is 0. The molecule has 2 N–H and O–H groups in total. The van der Waals surface area contributed by atoms with Gasteiger partial charge in [0.15, 0.2) is 0 Å². The highest BCUT2D eigenvalue weighted by Gasteiger charge is 2.47. The summed E-state index contributed by atoms with van der Waals surface area (Å²) in [5.74, 6) is -6.27. The molecule has 0 aromatic heterocycles. The summed E-state index contributed by atoms with van der Waals surface area (Å²) in [6, 6.07) is 18.2. The maximum absolute atomic E-state index is 14.3. The van der Waals surface area contributed by atoms with Crippen molar-refractivity contribution in [3.05, 3.63) is 137 Å². The minimum absolute atomic E-state index is 0.150. The smallest absolute Gasteiger partial charge is 0.428 e. The molecule has 0 bridgehead atoms. The highest BCUT2D eigenvalue weighted by Crippen LogP contribution is 2.32. The number of halogens is 9. The molecule has 4 aromatic rings. The van der Waals surface area contributed by atoms with Crippen LogP contribution in [0.25, 0.3) is 0 Å². The van der Waals surface area contributed by atoms with Gasteiger partial charge in [-0.15, -0.1) is 0 Å². The standard InChI is InChI=1S/C26H19F9N2O3.C7H8/c27-17-8-6-15(7-9-17)21(16-11-18(28)13-19(12-16)40-26(34,35)24(29)30)37-23(39)22(25(31,32)33)36-20(38)10-14-4-2-1-3-5-14;1-7-5-3-2-4-6-7/h1-9,11-13,21-22,24H,10H2,(H,36,38)(H,37,39);2-6H,1H3/t21-,22?;/m1./s1. The topological polar surface area (TPSA) is 67.4 Å². The molecule has 0 fully saturated rings. The number of alkyl halides is 7. The molecule has 0 saturated heterocycles. The van der Waals surface area contributed by atoms with E-state index in [9.17, 15) is 49.1 Å². The van der Waals surface area contributed by atoms with Gasteiger partial charge in [-0.05, 0) is 47.9 Å². The number of hydrogen-bond donors (Lipinski definition) is 2. The van der Waals surface area contributed by atoms with E-state index >= 15 is 0 Å². The number of carbonyl (C=O) groups is 2. The fourth-order valence-corrected chi connectivity index (χ4v) is 4.08. The third kappa shape index (κ3) is 11.4. The predicted octanol–water partition coefficient (Wildman–Crippen LogP) is 7.69. The molecule has 0 radical (unpaired) electrons. The molecule has 2 atom stereocenters. The van der Waals surface area contributed by atoms with Crippen molar-refractivity contribution in [1.29, 1.82) is 0 Å². The zero-order chi connectivity index (χ0) is 34.8. The molecule has 2 amide bonds. The van der Waals surface area contributed by atoms with E-state index in [1.165, 1.54) is 29.8 Å². The number of carbonyl (C=O) groups excluding carboxylic acids is 2. The number of rotatable bonds is 10. The quantitative estimate of drug-likeness (QED) is 0.170. The van der Waals surface area contributed by atoms with Crippen molar-refractivity contribution in [1.82, 2.24) is 10.6 Å². The minimum atomic E-state index is -5.32. The van der Waals surface area contributed by atoms with Gasteiger partial charge in [0.2, 0.25) is 11.9 Å². The maximum atomic E-state index is 14.3. The molecule has 4 aromatic carbocycles. The van der Waals surface area contributed by atoms with Crippen LogP contribution in [0.1, 0.15) is 28.3 Å². The van der Waals surface area contributed by atoms with Crippen LogP contribution in [-0.2, 0) is 16.0 Å². The second-order valence-corrected chi connectivity index (χ2v) is 10.0. The lowest BCUT2D eigenvalue weighted by atomic mass is 9.97. The Morgan fingerprint density at radius 1 is 0.723 bits per heavy atom. The van der Waals surface area contributed by atoms with Crippen molar-refractivity contribution in [3.8, 4) is 5.75 Å². The van der Waals surface area contributed by atoms with Gasteiger partial charge in [0.25, 0.3) is 5.91 Å². The zero-order valence-corrected chi connectivity index (χ0v) is 24.4. The Balaban J connectivity index is 0.000000756. The lowest BCUT2D eigenvalue weighted by molar-refractivity contribution is -0.253. The van der Waals surface area contributed by atoms with Crippen molar-refractivity contribution in [3.63, 3.8) is 0 Å². The first kappa shape index (κ1) is 36.5. The van der Waals surface area contributed by atoms with Gasteiger partial charge in [0, 0.05) is 6.07 Å². The number of hydrogen-bond acceptors (Lipinski definition) is 3. The molecule has 0 aliphatic rings. The van der Waals surface area contributed by atoms with Crippen LogP contribution in [0.3, 0.4) is 0 Å². The molecule has 0 heterocycles. The van der Waals surface area contributed by atoms with Gasteiger partial charge in [-0.3, -0.25) is 9.59 Å². The van der Waals surface area contributed by atoms with Crippen LogP contribution in [0.5, 0.6) is 5.75 Å². The van der Waals surface area contributed by atoms with Crippen molar-refractivity contribution in [2.75, 3.05) is 0 Å². The van der Waals surface area contributed by atoms with Crippen molar-refractivity contribution in [2.45, 2.75) is 44.1 Å². The van der Waals surface area contributed by atoms with Gasteiger partial charge in [0.1, 0.15) is 17.4 Å². The van der Waals surface area contributed by atoms with E-state index < -0.39 is 72.0 Å². The maximum Gasteiger partial charge on any atom is 0.461 e. The molecular weight excluding hydrogens is 643 g/mol. The second-order valence-electron chi connectivity index (χ2n) is 10.0. The molecule has 250 valence electrons. The van der Waals surface area contributed by atoms with Crippen molar-refractivity contribution >= 4 is 11.8 Å². The molecule has 5 nitrogen and oxygen atoms in total. The van der Waals surface area contributed by atoms with Crippen LogP contribution in [0, 0.1) is 18.6 Å². The SMILES string of the molecule is Cc1ccccc1.O=C(Cc1ccccc1)NC(C(=O)N[C@H](c1ccc(F)cc1)c1cc(F)cc(OC(F)(F)C(F)F)c1)C(F)(F)F. The van der Waals surface area contributed by atoms with Crippen LogP contribution >= 0.6 is 0 Å². The normalized spacial score (nSPS) is 12.7. The molecule has 47 heavy (non-hydrogen) atoms. The van der Waals surface area contributed by atoms with Crippen LogP contribution < -0.4 is 15.4 Å². The number of amides is 2. The number of aryl methyl sites for hydroxylation is 1. The summed E-state index contributed by atoms with van der Waals surface area (Å²) >= 11 is 0. The molecule has 0 aliphatic carbocycles. The van der Waals surface area contributed by atoms with Crippen molar-refractivity contribution < 1.29 is 53.8 Å². The monoisotopic (exact) mass is 670 g/mol. The molecular formula is C33H27F9N2O3. The average Bonchev–Trinajstić information content (AvgIpc) is 2.99. The fourth-order valence-electron chi connectivity index (χ4n) is 4.08. The Morgan fingerprint density at radius 2 is 1.30 bits per heavy atom. The first-order valence-corrected chi connectivity index (χ1v) is 13.7. The average molecular weight is 671 g/mol. The summed E-state index contributed by atoms with van der Waals surface area (Å²) in [4.78, 5) is 25.1. The lowest BCUT2D eigenvalue weighted by Crippen LogP contribution is -2.55. The van der Waals surface area contributed by atoms with Crippen LogP contribution in [0.15, 0.2) is 103 Å². The van der Waals surface area contributed by atoms with E-state index in [1.807, 2.05) is 23.5 Å². The minimum Gasteiger partial charge on any atom is -0.428 e. The Kier molecular flexibility index (Phi) is 12.4. The van der Waals surface area contributed by atoms with Gasteiger partial charge in [-0.2, -0.15) is 30.7 Å². The first-order valence-electron chi connectivity index (χ1n) is 13.7. The van der Waals surface area contributed by atoms with E-state index in [1.54, 1.807) is 11.4 Å². The highest BCUT2D eigenvalue weighted by atomic mass is 19.4. The molecule has 0 saturated carbocycles. The van der Waals surface area contributed by atoms with Crippen molar-refractivity contribution in [2.24, 2.45) is 0 Å². The molecule has 0 aliphatic heterocycles. The molecule has 14 heteroatoms. The summed E-state index contributed by atoms with van der Waals surface area (Å²) in [6.07, 6.45) is -15.2.